The summed E-state index contributed by atoms with van der Waals surface area (Å²) in [4.78, 5) is 0. The summed E-state index contributed by atoms with van der Waals surface area (Å²) in [6, 6.07) is 11.2. The Morgan fingerprint density at radius 3 is 2.31 bits per heavy atom. The summed E-state index contributed by atoms with van der Waals surface area (Å²) < 4.78 is 0. The molecule has 1 aliphatic carbocycles. The van der Waals surface area contributed by atoms with E-state index >= 15 is 0 Å². The zero-order valence-corrected chi connectivity index (χ0v) is 10.5. The molecule has 1 aromatic carbocycles. The Morgan fingerprint density at radius 2 is 1.75 bits per heavy atom. The smallest absolute Gasteiger partial charge is 0.00470 e. The molecule has 0 atom stereocenters. The maximum Gasteiger partial charge on any atom is -0.00470 e. The van der Waals surface area contributed by atoms with Crippen molar-refractivity contribution >= 4 is 0 Å². The first kappa shape index (κ1) is 11.7. The van der Waals surface area contributed by atoms with Crippen molar-refractivity contribution in [1.29, 1.82) is 0 Å². The van der Waals surface area contributed by atoms with Gasteiger partial charge in [-0.15, -0.1) is 0 Å². The average molecular weight is 216 g/mol. The monoisotopic (exact) mass is 216 g/mol. The number of hydrogen-bond donors (Lipinski definition) is 0. The van der Waals surface area contributed by atoms with Crippen LogP contribution in [0.2, 0.25) is 0 Å². The molecule has 1 aliphatic rings. The van der Waals surface area contributed by atoms with Crippen molar-refractivity contribution in [3.63, 3.8) is 0 Å². The summed E-state index contributed by atoms with van der Waals surface area (Å²) in [5.41, 5.74) is 2.16. The Labute approximate surface area is 100 Å². The Kier molecular flexibility index (Phi) is 4.04. The van der Waals surface area contributed by atoms with Crippen molar-refractivity contribution in [1.82, 2.24) is 0 Å². The predicted molar refractivity (Wildman–Crippen MR) is 70.7 cm³/mol. The maximum atomic E-state index is 2.33. The SMILES string of the molecule is CCCCCCC1(c2ccccc2)CCC1. The summed E-state index contributed by atoms with van der Waals surface area (Å²) >= 11 is 0. The molecule has 0 N–H and O–H groups in total. The fourth-order valence-corrected chi connectivity index (χ4v) is 2.97. The highest BCUT2D eigenvalue weighted by molar-refractivity contribution is 5.27. The molecule has 1 saturated carbocycles. The molecular weight excluding hydrogens is 192 g/mol. The van der Waals surface area contributed by atoms with Crippen molar-refractivity contribution < 1.29 is 0 Å². The third-order valence-corrected chi connectivity index (χ3v) is 4.21. The second kappa shape index (κ2) is 5.52. The van der Waals surface area contributed by atoms with E-state index in [9.17, 15) is 0 Å². The topological polar surface area (TPSA) is 0 Å². The number of rotatable bonds is 6. The lowest BCUT2D eigenvalue weighted by atomic mass is 9.62. The van der Waals surface area contributed by atoms with Gasteiger partial charge in [-0.05, 0) is 30.2 Å². The van der Waals surface area contributed by atoms with E-state index in [0.29, 0.717) is 5.41 Å². The van der Waals surface area contributed by atoms with Gasteiger partial charge in [0.05, 0.1) is 0 Å². The lowest BCUT2D eigenvalue weighted by molar-refractivity contribution is 0.218. The van der Waals surface area contributed by atoms with Gasteiger partial charge in [-0.1, -0.05) is 69.4 Å². The standard InChI is InChI=1S/C16H24/c1-2-3-4-8-12-16(13-9-14-16)15-10-6-5-7-11-15/h5-7,10-11H,2-4,8-9,12-14H2,1H3. The van der Waals surface area contributed by atoms with Crippen molar-refractivity contribution in [3.05, 3.63) is 35.9 Å². The minimum Gasteiger partial charge on any atom is -0.0654 e. The zero-order valence-electron chi connectivity index (χ0n) is 10.5. The molecule has 0 aromatic heterocycles. The van der Waals surface area contributed by atoms with Crippen LogP contribution in [0.25, 0.3) is 0 Å². The number of hydrogen-bond acceptors (Lipinski definition) is 0. The molecule has 0 bridgehead atoms. The molecule has 1 fully saturated rings. The van der Waals surface area contributed by atoms with E-state index in [1.54, 1.807) is 5.56 Å². The first-order valence-electron chi connectivity index (χ1n) is 6.93. The van der Waals surface area contributed by atoms with Gasteiger partial charge in [-0.25, -0.2) is 0 Å². The van der Waals surface area contributed by atoms with Crippen LogP contribution in [0, 0.1) is 0 Å². The highest BCUT2D eigenvalue weighted by atomic mass is 14.4. The fourth-order valence-electron chi connectivity index (χ4n) is 2.97. The van der Waals surface area contributed by atoms with Crippen LogP contribution < -0.4 is 0 Å². The zero-order chi connectivity index (χ0) is 11.3. The molecule has 2 rings (SSSR count). The van der Waals surface area contributed by atoms with Crippen molar-refractivity contribution in [2.75, 3.05) is 0 Å². The first-order chi connectivity index (χ1) is 7.87. The van der Waals surface area contributed by atoms with E-state index in [2.05, 4.69) is 37.3 Å². The van der Waals surface area contributed by atoms with Crippen LogP contribution in [-0.2, 0) is 5.41 Å². The van der Waals surface area contributed by atoms with Gasteiger partial charge in [-0.3, -0.25) is 0 Å². The van der Waals surface area contributed by atoms with Crippen LogP contribution in [0.1, 0.15) is 63.9 Å². The quantitative estimate of drug-likeness (QED) is 0.582. The minimum atomic E-state index is 0.564. The van der Waals surface area contributed by atoms with E-state index in [4.69, 9.17) is 0 Å². The summed E-state index contributed by atoms with van der Waals surface area (Å²) in [6.07, 6.45) is 11.3. The van der Waals surface area contributed by atoms with E-state index in [1.807, 2.05) is 0 Å². The third-order valence-electron chi connectivity index (χ3n) is 4.21. The van der Waals surface area contributed by atoms with Crippen LogP contribution in [0.5, 0.6) is 0 Å². The molecule has 0 aliphatic heterocycles. The highest BCUT2D eigenvalue weighted by Crippen LogP contribution is 2.47. The highest BCUT2D eigenvalue weighted by Gasteiger charge is 2.37. The molecule has 16 heavy (non-hydrogen) atoms. The summed E-state index contributed by atoms with van der Waals surface area (Å²) in [5, 5.41) is 0. The van der Waals surface area contributed by atoms with Gasteiger partial charge >= 0.3 is 0 Å². The molecule has 0 amide bonds. The van der Waals surface area contributed by atoms with Crippen LogP contribution >= 0.6 is 0 Å². The maximum absolute atomic E-state index is 2.33. The Hall–Kier alpha value is -0.780. The lowest BCUT2D eigenvalue weighted by Gasteiger charge is -2.43. The van der Waals surface area contributed by atoms with Crippen LogP contribution in [0.15, 0.2) is 30.3 Å². The lowest BCUT2D eigenvalue weighted by Crippen LogP contribution is -2.34. The summed E-state index contributed by atoms with van der Waals surface area (Å²) in [7, 11) is 0. The second-order valence-electron chi connectivity index (χ2n) is 5.31. The molecule has 0 heteroatoms. The average Bonchev–Trinajstić information content (AvgIpc) is 2.28. The van der Waals surface area contributed by atoms with E-state index in [1.165, 1.54) is 51.4 Å². The van der Waals surface area contributed by atoms with Gasteiger partial charge in [0.1, 0.15) is 0 Å². The predicted octanol–water partition coefficient (Wildman–Crippen LogP) is 5.08. The van der Waals surface area contributed by atoms with Gasteiger partial charge in [0.15, 0.2) is 0 Å². The van der Waals surface area contributed by atoms with Crippen LogP contribution in [0.4, 0.5) is 0 Å². The third kappa shape index (κ3) is 2.48. The molecule has 0 heterocycles. The normalized spacial score (nSPS) is 18.1. The van der Waals surface area contributed by atoms with Gasteiger partial charge in [0.2, 0.25) is 0 Å². The molecular formula is C16H24. The van der Waals surface area contributed by atoms with E-state index in [-0.39, 0.29) is 0 Å². The fraction of sp³-hybridized carbons (Fsp3) is 0.625. The molecule has 0 saturated heterocycles. The number of unbranched alkanes of at least 4 members (excludes halogenated alkanes) is 3. The van der Waals surface area contributed by atoms with Crippen molar-refractivity contribution in [3.8, 4) is 0 Å². The van der Waals surface area contributed by atoms with Crippen LogP contribution in [0.3, 0.4) is 0 Å². The Balaban J connectivity index is 1.92. The first-order valence-corrected chi connectivity index (χ1v) is 6.93. The minimum absolute atomic E-state index is 0.564. The van der Waals surface area contributed by atoms with Crippen molar-refractivity contribution in [2.24, 2.45) is 0 Å². The molecule has 0 unspecified atom stereocenters. The Morgan fingerprint density at radius 1 is 1.00 bits per heavy atom. The second-order valence-corrected chi connectivity index (χ2v) is 5.31. The molecule has 0 radical (unpaired) electrons. The Bertz CT molecular complexity index is 295. The van der Waals surface area contributed by atoms with Gasteiger partial charge in [-0.2, -0.15) is 0 Å². The molecule has 0 spiro atoms. The molecule has 0 nitrogen and oxygen atoms in total. The van der Waals surface area contributed by atoms with Crippen LogP contribution in [-0.4, -0.2) is 0 Å². The summed E-state index contributed by atoms with van der Waals surface area (Å²) in [6.45, 7) is 2.29. The van der Waals surface area contributed by atoms with Gasteiger partial charge in [0.25, 0.3) is 0 Å². The van der Waals surface area contributed by atoms with Gasteiger partial charge < -0.3 is 0 Å². The van der Waals surface area contributed by atoms with E-state index < -0.39 is 0 Å². The summed E-state index contributed by atoms with van der Waals surface area (Å²) in [5.74, 6) is 0. The van der Waals surface area contributed by atoms with Crippen molar-refractivity contribution in [2.45, 2.75) is 63.7 Å². The van der Waals surface area contributed by atoms with Gasteiger partial charge in [0, 0.05) is 0 Å². The number of benzene rings is 1. The molecule has 88 valence electrons. The van der Waals surface area contributed by atoms with E-state index in [0.717, 1.165) is 0 Å². The molecule has 1 aromatic rings. The largest absolute Gasteiger partial charge is 0.0654 e.